The molecule has 25 heavy (non-hydrogen) atoms. The van der Waals surface area contributed by atoms with Gasteiger partial charge in [-0.3, -0.25) is 9.59 Å². The summed E-state index contributed by atoms with van der Waals surface area (Å²) in [6, 6.07) is 0. The van der Waals surface area contributed by atoms with Crippen LogP contribution in [0, 0.1) is 22.2 Å². The number of carboxylic acid groups (broad SMARTS) is 1. The Morgan fingerprint density at radius 1 is 1.00 bits per heavy atom. The van der Waals surface area contributed by atoms with Gasteiger partial charge in [-0.15, -0.1) is 0 Å². The first-order valence-corrected chi connectivity index (χ1v) is 8.34. The molecule has 0 aliphatic carbocycles. The molecule has 0 aliphatic heterocycles. The van der Waals surface area contributed by atoms with Crippen molar-refractivity contribution >= 4 is 11.9 Å². The summed E-state index contributed by atoms with van der Waals surface area (Å²) in [5.41, 5.74) is -2.86. The first-order chi connectivity index (χ1) is 11.0. The maximum atomic E-state index is 13.9. The van der Waals surface area contributed by atoms with Crippen LogP contribution >= 0.6 is 0 Å². The van der Waals surface area contributed by atoms with Crippen molar-refractivity contribution in [3.8, 4) is 0 Å². The number of aliphatic carboxylic acids is 1. The topological polar surface area (TPSA) is 63.6 Å². The van der Waals surface area contributed by atoms with E-state index in [2.05, 4.69) is 0 Å². The van der Waals surface area contributed by atoms with E-state index in [4.69, 9.17) is 4.74 Å². The second-order valence-electron chi connectivity index (χ2n) is 9.14. The van der Waals surface area contributed by atoms with Gasteiger partial charge in [0, 0.05) is 6.42 Å². The average molecular weight is 368 g/mol. The number of ether oxygens (including phenoxy) is 1. The van der Waals surface area contributed by atoms with Gasteiger partial charge >= 0.3 is 11.9 Å². The molecule has 4 nitrogen and oxygen atoms in total. The normalized spacial score (nSPS) is 17.7. The summed E-state index contributed by atoms with van der Waals surface area (Å²) in [5.74, 6) is -3.65. The number of carboxylic acids is 1. The third-order valence-corrected chi connectivity index (χ3v) is 3.92. The van der Waals surface area contributed by atoms with E-state index in [9.17, 15) is 27.9 Å². The molecular formula is C18H31F3O4. The fourth-order valence-corrected chi connectivity index (χ4v) is 2.78. The van der Waals surface area contributed by atoms with Crippen molar-refractivity contribution in [1.29, 1.82) is 0 Å². The van der Waals surface area contributed by atoms with Crippen LogP contribution in [0.3, 0.4) is 0 Å². The second kappa shape index (κ2) is 8.41. The Labute approximate surface area is 148 Å². The Morgan fingerprint density at radius 3 is 1.80 bits per heavy atom. The highest BCUT2D eigenvalue weighted by atomic mass is 19.3. The number of hydrogen-bond acceptors (Lipinski definition) is 3. The van der Waals surface area contributed by atoms with Gasteiger partial charge in [0.15, 0.2) is 6.17 Å². The number of rotatable bonds is 8. The molecule has 0 rings (SSSR count). The Morgan fingerprint density at radius 2 is 1.48 bits per heavy atom. The van der Waals surface area contributed by atoms with Crippen LogP contribution in [-0.2, 0) is 14.3 Å². The zero-order valence-electron chi connectivity index (χ0n) is 16.2. The number of carbonyl (C=O) groups is 2. The minimum Gasteiger partial charge on any atom is -0.481 e. The van der Waals surface area contributed by atoms with Gasteiger partial charge in [0.1, 0.15) is 0 Å². The molecule has 0 heterocycles. The lowest BCUT2D eigenvalue weighted by atomic mass is 9.64. The minimum absolute atomic E-state index is 0.0182. The molecule has 3 unspecified atom stereocenters. The Balaban J connectivity index is 5.97. The fourth-order valence-electron chi connectivity index (χ4n) is 2.78. The Kier molecular flexibility index (Phi) is 7.98. The van der Waals surface area contributed by atoms with Gasteiger partial charge in [-0.1, -0.05) is 48.5 Å². The monoisotopic (exact) mass is 368 g/mol. The molecule has 0 aromatic rings. The van der Waals surface area contributed by atoms with E-state index in [-0.39, 0.29) is 13.0 Å². The zero-order valence-corrected chi connectivity index (χ0v) is 16.2. The largest absolute Gasteiger partial charge is 0.481 e. The van der Waals surface area contributed by atoms with Crippen LogP contribution in [0.1, 0.15) is 61.3 Å². The smallest absolute Gasteiger partial charge is 0.313 e. The number of carbonyl (C=O) groups excluding carboxylic acids is 1. The van der Waals surface area contributed by atoms with Crippen LogP contribution in [-0.4, -0.2) is 36.2 Å². The van der Waals surface area contributed by atoms with Gasteiger partial charge in [0.2, 0.25) is 0 Å². The highest BCUT2D eigenvalue weighted by Crippen LogP contribution is 2.46. The predicted molar refractivity (Wildman–Crippen MR) is 89.2 cm³/mol. The van der Waals surface area contributed by atoms with Crippen molar-refractivity contribution in [2.75, 3.05) is 6.61 Å². The van der Waals surface area contributed by atoms with Gasteiger partial charge in [0.05, 0.1) is 17.9 Å². The van der Waals surface area contributed by atoms with E-state index in [1.165, 1.54) is 6.92 Å². The number of alkyl halides is 3. The van der Waals surface area contributed by atoms with Gasteiger partial charge in [-0.05, 0) is 17.3 Å². The average Bonchev–Trinajstić information content (AvgIpc) is 2.40. The Hall–Kier alpha value is -1.27. The lowest BCUT2D eigenvalue weighted by molar-refractivity contribution is -0.175. The lowest BCUT2D eigenvalue weighted by Gasteiger charge is -2.40. The highest BCUT2D eigenvalue weighted by Gasteiger charge is 2.52. The van der Waals surface area contributed by atoms with Gasteiger partial charge in [0.25, 0.3) is 6.43 Å². The van der Waals surface area contributed by atoms with Crippen molar-refractivity contribution < 1.29 is 32.6 Å². The molecular weight excluding hydrogens is 337 g/mol. The first-order valence-electron chi connectivity index (χ1n) is 8.34. The molecule has 0 radical (unpaired) electrons. The van der Waals surface area contributed by atoms with Crippen molar-refractivity contribution in [1.82, 2.24) is 0 Å². The molecule has 0 saturated heterocycles. The third kappa shape index (κ3) is 7.65. The van der Waals surface area contributed by atoms with E-state index >= 15 is 0 Å². The molecule has 0 fully saturated rings. The van der Waals surface area contributed by atoms with Crippen LogP contribution in [0.4, 0.5) is 13.2 Å². The number of halogens is 3. The molecule has 0 spiro atoms. The van der Waals surface area contributed by atoms with E-state index in [1.807, 2.05) is 20.8 Å². The summed E-state index contributed by atoms with van der Waals surface area (Å²) >= 11 is 0. The summed E-state index contributed by atoms with van der Waals surface area (Å²) in [5, 5.41) is 9.43. The summed E-state index contributed by atoms with van der Waals surface area (Å²) < 4.78 is 44.8. The summed E-state index contributed by atoms with van der Waals surface area (Å²) in [6.45, 7) is 11.9. The quantitative estimate of drug-likeness (QED) is 0.630. The number of hydrogen-bond donors (Lipinski definition) is 1. The molecule has 7 heteroatoms. The van der Waals surface area contributed by atoms with E-state index in [1.54, 1.807) is 20.8 Å². The Bertz CT molecular complexity index is 466. The summed E-state index contributed by atoms with van der Waals surface area (Å²) in [6.07, 6.45) is -6.87. The molecule has 148 valence electrons. The van der Waals surface area contributed by atoms with Crippen molar-refractivity contribution in [3.63, 3.8) is 0 Å². The van der Waals surface area contributed by atoms with Gasteiger partial charge < -0.3 is 9.84 Å². The van der Waals surface area contributed by atoms with E-state index in [0.29, 0.717) is 0 Å². The molecule has 0 aromatic heterocycles. The molecule has 1 N–H and O–H groups in total. The van der Waals surface area contributed by atoms with Crippen LogP contribution in [0.5, 0.6) is 0 Å². The van der Waals surface area contributed by atoms with Crippen LogP contribution in [0.2, 0.25) is 0 Å². The molecule has 0 bridgehead atoms. The minimum atomic E-state index is -3.30. The second-order valence-corrected chi connectivity index (χ2v) is 9.14. The van der Waals surface area contributed by atoms with Crippen LogP contribution in [0.15, 0.2) is 0 Å². The van der Waals surface area contributed by atoms with E-state index < -0.39 is 53.1 Å². The molecule has 0 aromatic carbocycles. The fraction of sp³-hybridized carbons (Fsp3) is 0.889. The maximum Gasteiger partial charge on any atom is 0.313 e. The highest BCUT2D eigenvalue weighted by molar-refractivity contribution is 5.84. The van der Waals surface area contributed by atoms with Crippen LogP contribution < -0.4 is 0 Å². The lowest BCUT2D eigenvalue weighted by Crippen LogP contribution is -2.48. The molecule has 0 aliphatic rings. The predicted octanol–water partition coefficient (Wildman–Crippen LogP) is 4.71. The maximum absolute atomic E-state index is 13.9. The standard InChI is InChI=1S/C18H31F3O4/c1-11(14(22)23)18(9-16(2,3)4,8-12(19)13(20)21)15(24)25-10-17(5,6)7/h11-13H,8-10H2,1-7H3,(H,22,23). The van der Waals surface area contributed by atoms with Gasteiger partial charge in [-0.25, -0.2) is 13.2 Å². The third-order valence-electron chi connectivity index (χ3n) is 3.92. The van der Waals surface area contributed by atoms with Gasteiger partial charge in [-0.2, -0.15) is 0 Å². The van der Waals surface area contributed by atoms with Crippen molar-refractivity contribution in [2.45, 2.75) is 73.9 Å². The molecule has 0 amide bonds. The van der Waals surface area contributed by atoms with Crippen molar-refractivity contribution in [3.05, 3.63) is 0 Å². The van der Waals surface area contributed by atoms with Crippen molar-refractivity contribution in [2.24, 2.45) is 22.2 Å². The molecule has 0 saturated carbocycles. The summed E-state index contributed by atoms with van der Waals surface area (Å²) in [4.78, 5) is 24.4. The van der Waals surface area contributed by atoms with E-state index in [0.717, 1.165) is 0 Å². The van der Waals surface area contributed by atoms with Crippen LogP contribution in [0.25, 0.3) is 0 Å². The first kappa shape index (κ1) is 23.7. The zero-order chi connectivity index (χ0) is 20.2. The molecule has 3 atom stereocenters. The number of esters is 1. The SMILES string of the molecule is CC(C(=O)O)C(CC(F)C(F)F)(CC(C)(C)C)C(=O)OCC(C)(C)C. The summed E-state index contributed by atoms with van der Waals surface area (Å²) in [7, 11) is 0.